The molecule has 1 fully saturated rings. The Hall–Kier alpha value is -2.54. The predicted octanol–water partition coefficient (Wildman–Crippen LogP) is 4.02. The van der Waals surface area contributed by atoms with Crippen LogP contribution in [-0.4, -0.2) is 44.0 Å². The molecule has 7 heteroatoms. The zero-order valence-electron chi connectivity index (χ0n) is 15.3. The van der Waals surface area contributed by atoms with Crippen LogP contribution < -0.4 is 10.2 Å². The summed E-state index contributed by atoms with van der Waals surface area (Å²) in [5.74, 6) is -0.435. The molecule has 0 spiro atoms. The number of nitrogens with zero attached hydrogens (tertiary/aromatic N) is 2. The molecular formula is C20H22F3N3O. The first-order valence-corrected chi connectivity index (χ1v) is 8.77. The van der Waals surface area contributed by atoms with Crippen molar-refractivity contribution in [2.75, 3.05) is 43.4 Å². The van der Waals surface area contributed by atoms with Gasteiger partial charge in [-0.3, -0.25) is 4.79 Å². The van der Waals surface area contributed by atoms with Crippen LogP contribution in [0.5, 0.6) is 0 Å². The van der Waals surface area contributed by atoms with Gasteiger partial charge in [-0.05, 0) is 62.0 Å². The standard InChI is InChI=1S/C20H22F3N3O/c1-14-13-17(7-8-18(14)26-11-9-25(2)10-12-26)24-19(27)15-3-5-16(6-4-15)20(21,22)23/h3-8,13H,9-12H2,1-2H3,(H,24,27). The maximum absolute atomic E-state index is 12.6. The second-order valence-electron chi connectivity index (χ2n) is 6.82. The van der Waals surface area contributed by atoms with Crippen LogP contribution in [-0.2, 0) is 6.18 Å². The van der Waals surface area contributed by atoms with E-state index in [0.29, 0.717) is 5.69 Å². The van der Waals surface area contributed by atoms with E-state index in [1.165, 1.54) is 12.1 Å². The topological polar surface area (TPSA) is 35.6 Å². The number of nitrogens with one attached hydrogen (secondary N) is 1. The number of hydrogen-bond donors (Lipinski definition) is 1. The van der Waals surface area contributed by atoms with Crippen LogP contribution in [0.4, 0.5) is 24.5 Å². The third-order valence-electron chi connectivity index (χ3n) is 4.77. The molecule has 4 nitrogen and oxygen atoms in total. The molecule has 2 aromatic rings. The van der Waals surface area contributed by atoms with Crippen molar-refractivity contribution in [1.82, 2.24) is 4.90 Å². The number of halogens is 3. The quantitative estimate of drug-likeness (QED) is 0.878. The molecule has 1 amide bonds. The summed E-state index contributed by atoms with van der Waals surface area (Å²) in [4.78, 5) is 16.9. The second-order valence-corrected chi connectivity index (χ2v) is 6.82. The number of anilines is 2. The first-order chi connectivity index (χ1) is 12.7. The Balaban J connectivity index is 1.68. The van der Waals surface area contributed by atoms with Crippen molar-refractivity contribution in [3.05, 3.63) is 59.2 Å². The summed E-state index contributed by atoms with van der Waals surface area (Å²) in [5.41, 5.74) is 2.21. The number of carbonyl (C=O) groups excluding carboxylic acids is 1. The molecule has 0 aliphatic carbocycles. The molecule has 1 N–H and O–H groups in total. The molecular weight excluding hydrogens is 355 g/mol. The Bertz CT molecular complexity index is 810. The van der Waals surface area contributed by atoms with E-state index in [9.17, 15) is 18.0 Å². The van der Waals surface area contributed by atoms with Crippen molar-refractivity contribution >= 4 is 17.3 Å². The van der Waals surface area contributed by atoms with Gasteiger partial charge in [0.05, 0.1) is 5.56 Å². The van der Waals surface area contributed by atoms with Crippen molar-refractivity contribution in [2.24, 2.45) is 0 Å². The highest BCUT2D eigenvalue weighted by Gasteiger charge is 2.30. The summed E-state index contributed by atoms with van der Waals surface area (Å²) in [7, 11) is 2.10. The lowest BCUT2D eigenvalue weighted by molar-refractivity contribution is -0.137. The Morgan fingerprint density at radius 1 is 1.00 bits per heavy atom. The van der Waals surface area contributed by atoms with Gasteiger partial charge in [0.15, 0.2) is 0 Å². The maximum Gasteiger partial charge on any atom is 0.416 e. The van der Waals surface area contributed by atoms with Gasteiger partial charge in [-0.2, -0.15) is 13.2 Å². The van der Waals surface area contributed by atoms with Gasteiger partial charge < -0.3 is 15.1 Å². The molecule has 0 bridgehead atoms. The fourth-order valence-corrected chi connectivity index (χ4v) is 3.15. The van der Waals surface area contributed by atoms with Gasteiger partial charge >= 0.3 is 6.18 Å². The van der Waals surface area contributed by atoms with E-state index < -0.39 is 17.6 Å². The molecule has 0 aromatic heterocycles. The van der Waals surface area contributed by atoms with Crippen LogP contribution in [0.2, 0.25) is 0 Å². The number of carbonyl (C=O) groups is 1. The summed E-state index contributed by atoms with van der Waals surface area (Å²) in [6, 6.07) is 9.88. The maximum atomic E-state index is 12.6. The lowest BCUT2D eigenvalue weighted by Gasteiger charge is -2.35. The van der Waals surface area contributed by atoms with E-state index in [2.05, 4.69) is 22.2 Å². The molecule has 2 aromatic carbocycles. The van der Waals surface area contributed by atoms with Gasteiger partial charge in [0, 0.05) is 43.1 Å². The average Bonchev–Trinajstić information content (AvgIpc) is 2.62. The zero-order chi connectivity index (χ0) is 19.6. The molecule has 0 unspecified atom stereocenters. The monoisotopic (exact) mass is 377 g/mol. The number of alkyl halides is 3. The summed E-state index contributed by atoms with van der Waals surface area (Å²) in [5, 5.41) is 2.75. The first-order valence-electron chi connectivity index (χ1n) is 8.77. The summed E-state index contributed by atoms with van der Waals surface area (Å²) < 4.78 is 37.9. The Morgan fingerprint density at radius 3 is 2.19 bits per heavy atom. The minimum absolute atomic E-state index is 0.184. The minimum atomic E-state index is -4.41. The minimum Gasteiger partial charge on any atom is -0.369 e. The molecule has 0 radical (unpaired) electrons. The van der Waals surface area contributed by atoms with E-state index in [1.54, 1.807) is 0 Å². The third-order valence-corrected chi connectivity index (χ3v) is 4.77. The van der Waals surface area contributed by atoms with E-state index >= 15 is 0 Å². The normalized spacial score (nSPS) is 15.7. The van der Waals surface area contributed by atoms with Gasteiger partial charge in [-0.25, -0.2) is 0 Å². The number of piperazine rings is 1. The number of likely N-dealkylation sites (N-methyl/N-ethyl adjacent to an activating group) is 1. The van der Waals surface area contributed by atoms with Crippen LogP contribution in [0.25, 0.3) is 0 Å². The summed E-state index contributed by atoms with van der Waals surface area (Å²) >= 11 is 0. The van der Waals surface area contributed by atoms with Crippen molar-refractivity contribution in [3.8, 4) is 0 Å². The molecule has 3 rings (SSSR count). The highest BCUT2D eigenvalue weighted by Crippen LogP contribution is 2.29. The molecule has 27 heavy (non-hydrogen) atoms. The van der Waals surface area contributed by atoms with E-state index in [-0.39, 0.29) is 5.56 Å². The SMILES string of the molecule is Cc1cc(NC(=O)c2ccc(C(F)(F)F)cc2)ccc1N1CCN(C)CC1. The van der Waals surface area contributed by atoms with Crippen molar-refractivity contribution in [2.45, 2.75) is 13.1 Å². The first kappa shape index (κ1) is 19.2. The highest BCUT2D eigenvalue weighted by atomic mass is 19.4. The Labute approximate surface area is 156 Å². The van der Waals surface area contributed by atoms with Crippen LogP contribution >= 0.6 is 0 Å². The highest BCUT2D eigenvalue weighted by molar-refractivity contribution is 6.04. The van der Waals surface area contributed by atoms with Crippen molar-refractivity contribution in [3.63, 3.8) is 0 Å². The lowest BCUT2D eigenvalue weighted by Crippen LogP contribution is -2.44. The van der Waals surface area contributed by atoms with Gasteiger partial charge in [0.25, 0.3) is 5.91 Å². The van der Waals surface area contributed by atoms with Crippen molar-refractivity contribution in [1.29, 1.82) is 0 Å². The summed E-state index contributed by atoms with van der Waals surface area (Å²) in [6.07, 6.45) is -4.41. The zero-order valence-corrected chi connectivity index (χ0v) is 15.3. The molecule has 1 heterocycles. The molecule has 0 atom stereocenters. The molecule has 144 valence electrons. The van der Waals surface area contributed by atoms with Crippen LogP contribution in [0.1, 0.15) is 21.5 Å². The van der Waals surface area contributed by atoms with E-state index in [4.69, 9.17) is 0 Å². The molecule has 0 saturated carbocycles. The van der Waals surface area contributed by atoms with Gasteiger partial charge in [0.1, 0.15) is 0 Å². The average molecular weight is 377 g/mol. The molecule has 1 saturated heterocycles. The van der Waals surface area contributed by atoms with Crippen molar-refractivity contribution < 1.29 is 18.0 Å². The number of rotatable bonds is 3. The molecule has 1 aliphatic rings. The van der Waals surface area contributed by atoms with Gasteiger partial charge in [-0.1, -0.05) is 0 Å². The number of aryl methyl sites for hydroxylation is 1. The largest absolute Gasteiger partial charge is 0.416 e. The van der Waals surface area contributed by atoms with Gasteiger partial charge in [-0.15, -0.1) is 0 Å². The smallest absolute Gasteiger partial charge is 0.369 e. The molecule has 1 aliphatic heterocycles. The van der Waals surface area contributed by atoms with E-state index in [0.717, 1.165) is 49.6 Å². The third kappa shape index (κ3) is 4.60. The number of benzene rings is 2. The van der Waals surface area contributed by atoms with Gasteiger partial charge in [0.2, 0.25) is 0 Å². The summed E-state index contributed by atoms with van der Waals surface area (Å²) in [6.45, 7) is 5.91. The Morgan fingerprint density at radius 2 is 1.63 bits per heavy atom. The fraction of sp³-hybridized carbons (Fsp3) is 0.350. The number of hydrogen-bond acceptors (Lipinski definition) is 3. The van der Waals surface area contributed by atoms with E-state index in [1.807, 2.05) is 25.1 Å². The van der Waals surface area contributed by atoms with Crippen LogP contribution in [0, 0.1) is 6.92 Å². The fourth-order valence-electron chi connectivity index (χ4n) is 3.15. The Kier molecular flexibility index (Phi) is 5.41. The number of amides is 1. The van der Waals surface area contributed by atoms with Crippen LogP contribution in [0.3, 0.4) is 0 Å². The second kappa shape index (κ2) is 7.60. The predicted molar refractivity (Wildman–Crippen MR) is 100 cm³/mol. The van der Waals surface area contributed by atoms with Crippen LogP contribution in [0.15, 0.2) is 42.5 Å². The lowest BCUT2D eigenvalue weighted by atomic mass is 10.1.